The summed E-state index contributed by atoms with van der Waals surface area (Å²) in [6, 6.07) is 45.6. The predicted octanol–water partition coefficient (Wildman–Crippen LogP) is 11.7. The topological polar surface area (TPSA) is 77.3 Å². The summed E-state index contributed by atoms with van der Waals surface area (Å²) in [7, 11) is 0. The zero-order valence-corrected chi connectivity index (χ0v) is 30.1. The molecule has 0 spiro atoms. The molecule has 0 amide bonds. The van der Waals surface area contributed by atoms with E-state index in [1.807, 2.05) is 72.8 Å². The SMILES string of the molecule is C1=CCC=C(c2nc(-c3ccccc3)nc(-c3ccc(-c4ccccc4)cc3-c3ccc(-c4nc(C5=CCCC=C5)nc(-c5ccccc5)n4)cc3)n2)C=C1. The van der Waals surface area contributed by atoms with E-state index in [9.17, 15) is 0 Å². The van der Waals surface area contributed by atoms with Gasteiger partial charge in [-0.1, -0.05) is 170 Å². The quantitative estimate of drug-likeness (QED) is 0.156. The molecule has 2 aromatic heterocycles. The summed E-state index contributed by atoms with van der Waals surface area (Å²) < 4.78 is 0. The Morgan fingerprint density at radius 2 is 0.836 bits per heavy atom. The van der Waals surface area contributed by atoms with Gasteiger partial charge in [-0.25, -0.2) is 29.9 Å². The lowest BCUT2D eigenvalue weighted by Crippen LogP contribution is -2.03. The highest BCUT2D eigenvalue weighted by molar-refractivity contribution is 5.87. The standard InChI is InChI=1S/C49H36N6/c1-2-8-20-38(19-7-1)46-53-47(39-25-15-6-16-26-39)55-49(54-46)42-32-31-41(34-17-9-3-10-18-34)33-43(42)35-27-29-40(30-28-35)48-51-44(36-21-11-4-12-22-36)50-45(52-48)37-23-13-5-14-24-37/h1-4,6-7,9-13,15-33H,5,8,14H2. The van der Waals surface area contributed by atoms with Crippen LogP contribution < -0.4 is 0 Å². The molecule has 0 saturated carbocycles. The van der Waals surface area contributed by atoms with Crippen molar-refractivity contribution in [1.29, 1.82) is 0 Å². The lowest BCUT2D eigenvalue weighted by Gasteiger charge is -2.15. The van der Waals surface area contributed by atoms with Crippen LogP contribution in [0.1, 0.15) is 30.9 Å². The Labute approximate surface area is 320 Å². The third kappa shape index (κ3) is 7.39. The van der Waals surface area contributed by atoms with E-state index >= 15 is 0 Å². The van der Waals surface area contributed by atoms with E-state index in [4.69, 9.17) is 29.9 Å². The van der Waals surface area contributed by atoms with Crippen LogP contribution in [0.4, 0.5) is 0 Å². The van der Waals surface area contributed by atoms with E-state index in [-0.39, 0.29) is 0 Å². The maximum Gasteiger partial charge on any atom is 0.164 e. The predicted molar refractivity (Wildman–Crippen MR) is 223 cm³/mol. The van der Waals surface area contributed by atoms with Crippen LogP contribution in [0.5, 0.6) is 0 Å². The molecule has 0 unspecified atom stereocenters. The molecule has 0 aliphatic heterocycles. The molecule has 9 rings (SSSR count). The van der Waals surface area contributed by atoms with Crippen LogP contribution in [0, 0.1) is 0 Å². The maximum atomic E-state index is 5.13. The van der Waals surface area contributed by atoms with Crippen LogP contribution in [0.15, 0.2) is 182 Å². The molecular weight excluding hydrogens is 673 g/mol. The van der Waals surface area contributed by atoms with Crippen molar-refractivity contribution in [3.8, 4) is 67.8 Å². The Hall–Kier alpha value is -7.18. The monoisotopic (exact) mass is 708 g/mol. The molecule has 0 bridgehead atoms. The number of allylic oxidation sites excluding steroid dienone is 10. The molecule has 0 radical (unpaired) electrons. The molecule has 6 nitrogen and oxygen atoms in total. The van der Waals surface area contributed by atoms with Crippen molar-refractivity contribution in [2.75, 3.05) is 0 Å². The Morgan fingerprint density at radius 3 is 1.45 bits per heavy atom. The van der Waals surface area contributed by atoms with E-state index in [0.29, 0.717) is 34.9 Å². The maximum absolute atomic E-state index is 5.13. The Kier molecular flexibility index (Phi) is 9.44. The van der Waals surface area contributed by atoms with Crippen molar-refractivity contribution in [2.24, 2.45) is 0 Å². The normalized spacial score (nSPS) is 13.6. The minimum absolute atomic E-state index is 0.609. The summed E-state index contributed by atoms with van der Waals surface area (Å²) in [5.41, 5.74) is 9.94. The van der Waals surface area contributed by atoms with Gasteiger partial charge < -0.3 is 0 Å². The van der Waals surface area contributed by atoms with Gasteiger partial charge in [-0.2, -0.15) is 0 Å². The van der Waals surface area contributed by atoms with Crippen molar-refractivity contribution in [2.45, 2.75) is 19.3 Å². The molecule has 2 aliphatic carbocycles. The fourth-order valence-electron chi connectivity index (χ4n) is 6.80. The van der Waals surface area contributed by atoms with Crippen LogP contribution in [0.3, 0.4) is 0 Å². The number of benzene rings is 5. The van der Waals surface area contributed by atoms with Crippen LogP contribution in [0.25, 0.3) is 79.0 Å². The second kappa shape index (κ2) is 15.4. The van der Waals surface area contributed by atoms with Gasteiger partial charge in [0.1, 0.15) is 0 Å². The van der Waals surface area contributed by atoms with Crippen molar-refractivity contribution < 1.29 is 0 Å². The molecule has 2 heterocycles. The number of rotatable bonds is 8. The third-order valence-electron chi connectivity index (χ3n) is 9.66. The van der Waals surface area contributed by atoms with E-state index in [0.717, 1.165) is 74.9 Å². The minimum Gasteiger partial charge on any atom is -0.208 e. The van der Waals surface area contributed by atoms with Crippen LogP contribution in [-0.2, 0) is 0 Å². The lowest BCUT2D eigenvalue weighted by molar-refractivity contribution is 1.01. The van der Waals surface area contributed by atoms with Gasteiger partial charge in [0.05, 0.1) is 0 Å². The lowest BCUT2D eigenvalue weighted by atomic mass is 9.93. The Bertz CT molecular complexity index is 2640. The molecule has 0 saturated heterocycles. The first-order chi connectivity index (χ1) is 27.2. The van der Waals surface area contributed by atoms with Gasteiger partial charge in [-0.3, -0.25) is 0 Å². The highest BCUT2D eigenvalue weighted by Crippen LogP contribution is 2.37. The van der Waals surface area contributed by atoms with E-state index in [2.05, 4.69) is 109 Å². The first kappa shape index (κ1) is 33.6. The minimum atomic E-state index is 0.609. The van der Waals surface area contributed by atoms with Crippen LogP contribution >= 0.6 is 0 Å². The molecule has 2 aliphatic rings. The van der Waals surface area contributed by atoms with Gasteiger partial charge >= 0.3 is 0 Å². The fourth-order valence-corrected chi connectivity index (χ4v) is 6.80. The summed E-state index contributed by atoms with van der Waals surface area (Å²) in [5.74, 6) is 3.83. The van der Waals surface area contributed by atoms with Gasteiger partial charge in [0.15, 0.2) is 34.9 Å². The van der Waals surface area contributed by atoms with Gasteiger partial charge in [0.25, 0.3) is 0 Å². The van der Waals surface area contributed by atoms with E-state index in [1.165, 1.54) is 0 Å². The summed E-state index contributed by atoms with van der Waals surface area (Å²) in [6.45, 7) is 0. The average Bonchev–Trinajstić information content (AvgIpc) is 3.57. The summed E-state index contributed by atoms with van der Waals surface area (Å²) in [5, 5.41) is 0. The smallest absolute Gasteiger partial charge is 0.164 e. The molecule has 7 aromatic rings. The molecule has 0 atom stereocenters. The molecule has 5 aromatic carbocycles. The highest BCUT2D eigenvalue weighted by Gasteiger charge is 2.19. The number of nitrogens with zero attached hydrogens (tertiary/aromatic N) is 6. The summed E-state index contributed by atoms with van der Waals surface area (Å²) in [6.07, 6.45) is 19.7. The Balaban J connectivity index is 1.18. The Morgan fingerprint density at radius 1 is 0.327 bits per heavy atom. The van der Waals surface area contributed by atoms with Gasteiger partial charge in [0, 0.05) is 33.4 Å². The molecule has 0 N–H and O–H groups in total. The third-order valence-corrected chi connectivity index (χ3v) is 9.66. The second-order valence-corrected chi connectivity index (χ2v) is 13.4. The van der Waals surface area contributed by atoms with E-state index < -0.39 is 0 Å². The fraction of sp³-hybridized carbons (Fsp3) is 0.0612. The number of hydrogen-bond donors (Lipinski definition) is 0. The van der Waals surface area contributed by atoms with Gasteiger partial charge in [0.2, 0.25) is 0 Å². The molecule has 262 valence electrons. The van der Waals surface area contributed by atoms with Crippen LogP contribution in [0.2, 0.25) is 0 Å². The molecule has 0 fully saturated rings. The van der Waals surface area contributed by atoms with Crippen molar-refractivity contribution in [3.63, 3.8) is 0 Å². The first-order valence-corrected chi connectivity index (χ1v) is 18.6. The summed E-state index contributed by atoms with van der Waals surface area (Å²) >= 11 is 0. The van der Waals surface area contributed by atoms with Crippen molar-refractivity contribution >= 4 is 11.1 Å². The largest absolute Gasteiger partial charge is 0.208 e. The van der Waals surface area contributed by atoms with Crippen molar-refractivity contribution in [3.05, 3.63) is 194 Å². The number of hydrogen-bond acceptors (Lipinski definition) is 6. The first-order valence-electron chi connectivity index (χ1n) is 18.6. The average molecular weight is 709 g/mol. The van der Waals surface area contributed by atoms with E-state index in [1.54, 1.807) is 0 Å². The molecule has 6 heteroatoms. The summed E-state index contributed by atoms with van der Waals surface area (Å²) in [4.78, 5) is 30.1. The second-order valence-electron chi connectivity index (χ2n) is 13.4. The highest BCUT2D eigenvalue weighted by atomic mass is 15.0. The zero-order valence-electron chi connectivity index (χ0n) is 30.1. The van der Waals surface area contributed by atoms with Crippen LogP contribution in [-0.4, -0.2) is 29.9 Å². The zero-order chi connectivity index (χ0) is 36.8. The van der Waals surface area contributed by atoms with Gasteiger partial charge in [-0.15, -0.1) is 0 Å². The number of aromatic nitrogens is 6. The van der Waals surface area contributed by atoms with Crippen molar-refractivity contribution in [1.82, 2.24) is 29.9 Å². The molecular formula is C49H36N6. The molecule has 55 heavy (non-hydrogen) atoms. The van der Waals surface area contributed by atoms with Gasteiger partial charge in [-0.05, 0) is 53.6 Å².